The van der Waals surface area contributed by atoms with Crippen LogP contribution < -0.4 is 11.1 Å². The van der Waals surface area contributed by atoms with Gasteiger partial charge in [0.05, 0.1) is 7.11 Å². The summed E-state index contributed by atoms with van der Waals surface area (Å²) >= 11 is 0. The first kappa shape index (κ1) is 21.7. The number of rotatable bonds is 9. The van der Waals surface area contributed by atoms with Crippen molar-refractivity contribution in [3.63, 3.8) is 0 Å². The van der Waals surface area contributed by atoms with Crippen molar-refractivity contribution in [2.24, 2.45) is 10.7 Å². The molecule has 0 saturated carbocycles. The summed E-state index contributed by atoms with van der Waals surface area (Å²) in [4.78, 5) is 15.2. The van der Waals surface area contributed by atoms with Crippen LogP contribution in [0.3, 0.4) is 0 Å². The molecule has 0 aliphatic carbocycles. The van der Waals surface area contributed by atoms with Gasteiger partial charge in [0, 0.05) is 18.7 Å². The molecule has 1 aromatic carbocycles. The highest BCUT2D eigenvalue weighted by atomic mass is 127. The van der Waals surface area contributed by atoms with E-state index in [9.17, 15) is 4.79 Å². The molecule has 0 saturated heterocycles. The molecule has 0 aromatic heterocycles. The summed E-state index contributed by atoms with van der Waals surface area (Å²) in [6.07, 6.45) is 5.68. The molecule has 23 heavy (non-hydrogen) atoms. The number of nitrogens with two attached hydrogens (primary N) is 1. The fourth-order valence-electron chi connectivity index (χ4n) is 2.04. The van der Waals surface area contributed by atoms with E-state index in [-0.39, 0.29) is 29.9 Å². The van der Waals surface area contributed by atoms with Crippen molar-refractivity contribution in [3.8, 4) is 0 Å². The Kier molecular flexibility index (Phi) is 12.4. The molecular formula is C17H28IN3O2. The number of esters is 1. The highest BCUT2D eigenvalue weighted by Crippen LogP contribution is 2.08. The molecule has 1 rings (SSSR count). The van der Waals surface area contributed by atoms with Gasteiger partial charge in [0.25, 0.3) is 0 Å². The van der Waals surface area contributed by atoms with Crippen molar-refractivity contribution < 1.29 is 9.53 Å². The summed E-state index contributed by atoms with van der Waals surface area (Å²) in [5, 5.41) is 3.08. The zero-order valence-electron chi connectivity index (χ0n) is 14.0. The van der Waals surface area contributed by atoms with E-state index in [0.29, 0.717) is 12.4 Å². The molecule has 3 N–H and O–H groups in total. The van der Waals surface area contributed by atoms with Crippen LogP contribution in [0.5, 0.6) is 0 Å². The van der Waals surface area contributed by atoms with Gasteiger partial charge in [-0.05, 0) is 31.9 Å². The van der Waals surface area contributed by atoms with Gasteiger partial charge in [0.2, 0.25) is 0 Å². The average molecular weight is 433 g/mol. The van der Waals surface area contributed by atoms with Crippen LogP contribution in [0.15, 0.2) is 29.3 Å². The summed E-state index contributed by atoms with van der Waals surface area (Å²) in [5.74, 6) is 0.328. The van der Waals surface area contributed by atoms with Crippen molar-refractivity contribution >= 4 is 41.6 Å². The van der Waals surface area contributed by atoms with Crippen LogP contribution >= 0.6 is 24.0 Å². The Labute approximate surface area is 156 Å². The minimum Gasteiger partial charge on any atom is -0.469 e. The van der Waals surface area contributed by atoms with Gasteiger partial charge >= 0.3 is 5.97 Å². The second kappa shape index (κ2) is 13.2. The normalized spacial score (nSPS) is 10.8. The molecular weight excluding hydrogens is 405 g/mol. The van der Waals surface area contributed by atoms with Gasteiger partial charge in [-0.2, -0.15) is 0 Å². The Morgan fingerprint density at radius 1 is 1.13 bits per heavy atom. The van der Waals surface area contributed by atoms with E-state index in [1.165, 1.54) is 12.7 Å². The van der Waals surface area contributed by atoms with E-state index in [1.54, 1.807) is 0 Å². The van der Waals surface area contributed by atoms with Gasteiger partial charge in [-0.1, -0.05) is 37.0 Å². The van der Waals surface area contributed by atoms with E-state index in [2.05, 4.69) is 15.0 Å². The third-order valence-electron chi connectivity index (χ3n) is 3.37. The molecule has 130 valence electrons. The van der Waals surface area contributed by atoms with Gasteiger partial charge in [0.15, 0.2) is 5.96 Å². The molecule has 0 atom stereocenters. The van der Waals surface area contributed by atoms with Gasteiger partial charge in [-0.3, -0.25) is 9.79 Å². The summed E-state index contributed by atoms with van der Waals surface area (Å²) in [6, 6.07) is 8.03. The zero-order chi connectivity index (χ0) is 16.2. The standard InChI is InChI=1S/C17H27N3O2.HI/c1-14-9-11-15(12-10-14)20-17(18)19-13-7-5-3-4-6-8-16(21)22-2;/h9-12H,3-8,13H2,1-2H3,(H3,18,19,20);1H. The third-order valence-corrected chi connectivity index (χ3v) is 3.37. The lowest BCUT2D eigenvalue weighted by Gasteiger charge is -2.06. The summed E-state index contributed by atoms with van der Waals surface area (Å²) in [7, 11) is 1.43. The predicted octanol–water partition coefficient (Wildman–Crippen LogP) is 3.85. The number of aliphatic imine (C=N–C) groups is 1. The van der Waals surface area contributed by atoms with Crippen molar-refractivity contribution in [2.45, 2.75) is 45.4 Å². The van der Waals surface area contributed by atoms with Gasteiger partial charge in [0.1, 0.15) is 0 Å². The van der Waals surface area contributed by atoms with E-state index in [1.807, 2.05) is 31.2 Å². The van der Waals surface area contributed by atoms with Crippen LogP contribution in [-0.2, 0) is 9.53 Å². The Balaban J connectivity index is 0.00000484. The van der Waals surface area contributed by atoms with Crippen LogP contribution in [0, 0.1) is 6.92 Å². The van der Waals surface area contributed by atoms with Crippen molar-refractivity contribution in [1.82, 2.24) is 0 Å². The van der Waals surface area contributed by atoms with E-state index < -0.39 is 0 Å². The second-order valence-electron chi connectivity index (χ2n) is 5.35. The second-order valence-corrected chi connectivity index (χ2v) is 5.35. The highest BCUT2D eigenvalue weighted by Gasteiger charge is 1.99. The number of hydrogen-bond acceptors (Lipinski definition) is 3. The molecule has 0 radical (unpaired) electrons. The number of nitrogens with one attached hydrogen (secondary N) is 1. The molecule has 0 fully saturated rings. The molecule has 0 spiro atoms. The van der Waals surface area contributed by atoms with Crippen LogP contribution in [0.25, 0.3) is 0 Å². The van der Waals surface area contributed by atoms with E-state index >= 15 is 0 Å². The predicted molar refractivity (Wildman–Crippen MR) is 106 cm³/mol. The first-order valence-electron chi connectivity index (χ1n) is 7.82. The van der Waals surface area contributed by atoms with Crippen LogP contribution in [0.2, 0.25) is 0 Å². The Morgan fingerprint density at radius 3 is 2.39 bits per heavy atom. The molecule has 0 bridgehead atoms. The molecule has 0 aliphatic heterocycles. The van der Waals surface area contributed by atoms with E-state index in [0.717, 1.165) is 44.3 Å². The van der Waals surface area contributed by atoms with Gasteiger partial charge in [-0.15, -0.1) is 24.0 Å². The number of carbonyl (C=O) groups excluding carboxylic acids is 1. The number of benzene rings is 1. The summed E-state index contributed by atoms with van der Waals surface area (Å²) < 4.78 is 4.60. The fraction of sp³-hybridized carbons (Fsp3) is 0.529. The SMILES string of the molecule is COC(=O)CCCCCCCN=C(N)Nc1ccc(C)cc1.I. The Hall–Kier alpha value is -1.31. The number of carbonyl (C=O) groups is 1. The monoisotopic (exact) mass is 433 g/mol. The van der Waals surface area contributed by atoms with Crippen molar-refractivity contribution in [2.75, 3.05) is 19.0 Å². The lowest BCUT2D eigenvalue weighted by molar-refractivity contribution is -0.140. The molecule has 5 nitrogen and oxygen atoms in total. The first-order valence-corrected chi connectivity index (χ1v) is 7.82. The number of aryl methyl sites for hydroxylation is 1. The fourth-order valence-corrected chi connectivity index (χ4v) is 2.04. The number of ether oxygens (including phenoxy) is 1. The van der Waals surface area contributed by atoms with Gasteiger partial charge in [-0.25, -0.2) is 0 Å². The Bertz CT molecular complexity index is 475. The molecule has 6 heteroatoms. The minimum absolute atomic E-state index is 0. The molecule has 0 aliphatic rings. The first-order chi connectivity index (χ1) is 10.6. The summed E-state index contributed by atoms with van der Waals surface area (Å²) in [6.45, 7) is 2.77. The number of hydrogen-bond donors (Lipinski definition) is 2. The Morgan fingerprint density at radius 2 is 1.74 bits per heavy atom. The van der Waals surface area contributed by atoms with Gasteiger partial charge < -0.3 is 15.8 Å². The maximum absolute atomic E-state index is 10.9. The molecule has 0 heterocycles. The maximum atomic E-state index is 10.9. The largest absolute Gasteiger partial charge is 0.469 e. The quantitative estimate of drug-likeness (QED) is 0.204. The number of methoxy groups -OCH3 is 1. The number of anilines is 1. The molecule has 0 amide bonds. The third kappa shape index (κ3) is 11.0. The topological polar surface area (TPSA) is 76.7 Å². The average Bonchev–Trinajstić information content (AvgIpc) is 2.51. The lowest BCUT2D eigenvalue weighted by Crippen LogP contribution is -2.22. The lowest BCUT2D eigenvalue weighted by atomic mass is 10.1. The summed E-state index contributed by atoms with van der Waals surface area (Å²) in [5.41, 5.74) is 8.01. The van der Waals surface area contributed by atoms with Crippen molar-refractivity contribution in [3.05, 3.63) is 29.8 Å². The zero-order valence-corrected chi connectivity index (χ0v) is 16.3. The number of nitrogens with zero attached hydrogens (tertiary/aromatic N) is 1. The number of guanidine groups is 1. The smallest absolute Gasteiger partial charge is 0.305 e. The van der Waals surface area contributed by atoms with E-state index in [4.69, 9.17) is 5.73 Å². The minimum atomic E-state index is -0.125. The maximum Gasteiger partial charge on any atom is 0.305 e. The molecule has 1 aromatic rings. The highest BCUT2D eigenvalue weighted by molar-refractivity contribution is 14.0. The van der Waals surface area contributed by atoms with Crippen LogP contribution in [0.4, 0.5) is 5.69 Å². The molecule has 0 unspecified atom stereocenters. The van der Waals surface area contributed by atoms with Crippen LogP contribution in [0.1, 0.15) is 44.1 Å². The number of halogens is 1. The number of unbranched alkanes of at least 4 members (excludes halogenated alkanes) is 4. The van der Waals surface area contributed by atoms with Crippen LogP contribution in [-0.4, -0.2) is 25.6 Å². The van der Waals surface area contributed by atoms with Crippen molar-refractivity contribution in [1.29, 1.82) is 0 Å².